The second-order valence-electron chi connectivity index (χ2n) is 4.17. The molecule has 16 heavy (non-hydrogen) atoms. The molecule has 4 heteroatoms. The molecule has 0 fully saturated rings. The minimum Gasteiger partial charge on any atom is -0.298 e. The summed E-state index contributed by atoms with van der Waals surface area (Å²) in [4.78, 5) is 22.7. The van der Waals surface area contributed by atoms with Gasteiger partial charge in [-0.1, -0.05) is 0 Å². The van der Waals surface area contributed by atoms with E-state index in [0.29, 0.717) is 5.56 Å². The highest BCUT2D eigenvalue weighted by atomic mass is 16.1. The molecule has 0 aliphatic heterocycles. The zero-order chi connectivity index (χ0) is 11.9. The average Bonchev–Trinajstić information content (AvgIpc) is 2.51. The van der Waals surface area contributed by atoms with Crippen LogP contribution in [0.15, 0.2) is 23.0 Å². The van der Waals surface area contributed by atoms with Gasteiger partial charge in [0.1, 0.15) is 6.29 Å². The largest absolute Gasteiger partial charge is 0.329 e. The number of fused-ring (bicyclic) bond motifs is 1. The van der Waals surface area contributed by atoms with Gasteiger partial charge in [0.15, 0.2) is 0 Å². The molecule has 1 heterocycles. The SMILES string of the molecule is CC(C)n1c(=O)n(C)c2ccc(C=O)cc21. The lowest BCUT2D eigenvalue weighted by molar-refractivity contribution is 0.112. The van der Waals surface area contributed by atoms with Gasteiger partial charge in [-0.05, 0) is 32.0 Å². The van der Waals surface area contributed by atoms with Crippen LogP contribution in [-0.2, 0) is 7.05 Å². The van der Waals surface area contributed by atoms with Crippen molar-refractivity contribution in [2.75, 3.05) is 0 Å². The van der Waals surface area contributed by atoms with E-state index in [1.807, 2.05) is 13.8 Å². The predicted molar refractivity (Wildman–Crippen MR) is 63.0 cm³/mol. The summed E-state index contributed by atoms with van der Waals surface area (Å²) in [5, 5.41) is 0. The van der Waals surface area contributed by atoms with E-state index in [0.717, 1.165) is 17.3 Å². The number of aryl methyl sites for hydroxylation is 1. The molecule has 1 aromatic heterocycles. The highest BCUT2D eigenvalue weighted by Crippen LogP contribution is 2.17. The van der Waals surface area contributed by atoms with E-state index in [9.17, 15) is 9.59 Å². The fourth-order valence-electron chi connectivity index (χ4n) is 1.96. The van der Waals surface area contributed by atoms with Crippen LogP contribution in [-0.4, -0.2) is 15.4 Å². The summed E-state index contributed by atoms with van der Waals surface area (Å²) in [6.07, 6.45) is 0.793. The van der Waals surface area contributed by atoms with Gasteiger partial charge in [-0.15, -0.1) is 0 Å². The average molecular weight is 218 g/mol. The lowest BCUT2D eigenvalue weighted by Crippen LogP contribution is -2.23. The maximum absolute atomic E-state index is 12.0. The Morgan fingerprint density at radius 2 is 1.94 bits per heavy atom. The van der Waals surface area contributed by atoms with E-state index in [4.69, 9.17) is 0 Å². The first-order valence-corrected chi connectivity index (χ1v) is 5.22. The smallest absolute Gasteiger partial charge is 0.298 e. The Kier molecular flexibility index (Phi) is 2.42. The molecule has 2 aromatic rings. The van der Waals surface area contributed by atoms with Crippen LogP contribution in [0.5, 0.6) is 0 Å². The Morgan fingerprint density at radius 3 is 2.50 bits per heavy atom. The summed E-state index contributed by atoms with van der Waals surface area (Å²) in [6, 6.07) is 5.36. The van der Waals surface area contributed by atoms with Gasteiger partial charge in [-0.2, -0.15) is 0 Å². The van der Waals surface area contributed by atoms with E-state index < -0.39 is 0 Å². The molecule has 84 valence electrons. The number of benzene rings is 1. The molecule has 0 aliphatic carbocycles. The monoisotopic (exact) mass is 218 g/mol. The number of hydrogen-bond acceptors (Lipinski definition) is 2. The Balaban J connectivity index is 2.92. The Bertz CT molecular complexity index is 605. The molecule has 0 radical (unpaired) electrons. The van der Waals surface area contributed by atoms with E-state index >= 15 is 0 Å². The third kappa shape index (κ3) is 1.38. The zero-order valence-corrected chi connectivity index (χ0v) is 9.60. The summed E-state index contributed by atoms with van der Waals surface area (Å²) in [5.74, 6) is 0. The van der Waals surface area contributed by atoms with Gasteiger partial charge in [-0.25, -0.2) is 4.79 Å². The van der Waals surface area contributed by atoms with Crippen molar-refractivity contribution in [3.63, 3.8) is 0 Å². The summed E-state index contributed by atoms with van der Waals surface area (Å²) < 4.78 is 3.30. The van der Waals surface area contributed by atoms with Crippen molar-refractivity contribution in [2.24, 2.45) is 7.05 Å². The maximum atomic E-state index is 12.0. The molecule has 0 amide bonds. The first-order chi connectivity index (χ1) is 7.56. The van der Waals surface area contributed by atoms with Gasteiger partial charge < -0.3 is 0 Å². The molecule has 0 saturated heterocycles. The van der Waals surface area contributed by atoms with Gasteiger partial charge in [0.2, 0.25) is 0 Å². The van der Waals surface area contributed by atoms with Crippen LogP contribution in [0.2, 0.25) is 0 Å². The van der Waals surface area contributed by atoms with Crippen LogP contribution in [0.25, 0.3) is 11.0 Å². The van der Waals surface area contributed by atoms with Crippen LogP contribution in [0.1, 0.15) is 30.2 Å². The van der Waals surface area contributed by atoms with Crippen molar-refractivity contribution in [3.05, 3.63) is 34.2 Å². The van der Waals surface area contributed by atoms with Gasteiger partial charge in [-0.3, -0.25) is 13.9 Å². The molecule has 0 N–H and O–H groups in total. The molecule has 0 atom stereocenters. The minimum absolute atomic E-state index is 0.0481. The van der Waals surface area contributed by atoms with Crippen LogP contribution >= 0.6 is 0 Å². The van der Waals surface area contributed by atoms with Crippen molar-refractivity contribution < 1.29 is 4.79 Å². The topological polar surface area (TPSA) is 44.0 Å². The molecule has 0 bridgehead atoms. The Morgan fingerprint density at radius 1 is 1.25 bits per heavy atom. The van der Waals surface area contributed by atoms with E-state index in [1.54, 1.807) is 34.4 Å². The molecule has 0 aliphatic rings. The molecular formula is C12H14N2O2. The second kappa shape index (κ2) is 3.63. The lowest BCUT2D eigenvalue weighted by atomic mass is 10.2. The molecule has 0 saturated carbocycles. The molecular weight excluding hydrogens is 204 g/mol. The summed E-state index contributed by atoms with van der Waals surface area (Å²) in [6.45, 7) is 3.91. The molecule has 0 unspecified atom stereocenters. The first-order valence-electron chi connectivity index (χ1n) is 5.22. The number of imidazole rings is 1. The normalized spacial score (nSPS) is 11.2. The standard InChI is InChI=1S/C12H14N2O2/c1-8(2)14-11-6-9(7-15)4-5-10(11)13(3)12(14)16/h4-8H,1-3H3. The highest BCUT2D eigenvalue weighted by molar-refractivity contribution is 5.85. The van der Waals surface area contributed by atoms with E-state index in [2.05, 4.69) is 0 Å². The van der Waals surface area contributed by atoms with Crippen molar-refractivity contribution >= 4 is 17.3 Å². The highest BCUT2D eigenvalue weighted by Gasteiger charge is 2.12. The van der Waals surface area contributed by atoms with Crippen molar-refractivity contribution in [3.8, 4) is 0 Å². The molecule has 0 spiro atoms. The third-order valence-electron chi connectivity index (χ3n) is 2.77. The summed E-state index contributed by atoms with van der Waals surface area (Å²) in [5.41, 5.74) is 2.21. The van der Waals surface area contributed by atoms with Crippen LogP contribution in [0.3, 0.4) is 0 Å². The number of aldehydes is 1. The van der Waals surface area contributed by atoms with Crippen molar-refractivity contribution in [1.29, 1.82) is 0 Å². The predicted octanol–water partition coefficient (Wildman–Crippen LogP) is 1.73. The number of nitrogens with zero attached hydrogens (tertiary/aromatic N) is 2. The molecule has 2 rings (SSSR count). The van der Waals surface area contributed by atoms with E-state index in [-0.39, 0.29) is 11.7 Å². The van der Waals surface area contributed by atoms with Gasteiger partial charge >= 0.3 is 5.69 Å². The molecule has 4 nitrogen and oxygen atoms in total. The van der Waals surface area contributed by atoms with Crippen molar-refractivity contribution in [1.82, 2.24) is 9.13 Å². The lowest BCUT2D eigenvalue weighted by Gasteiger charge is -2.06. The quantitative estimate of drug-likeness (QED) is 0.720. The van der Waals surface area contributed by atoms with Gasteiger partial charge in [0.25, 0.3) is 0 Å². The van der Waals surface area contributed by atoms with Crippen LogP contribution in [0, 0.1) is 0 Å². The van der Waals surface area contributed by atoms with Gasteiger partial charge in [0.05, 0.1) is 11.0 Å². The summed E-state index contributed by atoms with van der Waals surface area (Å²) in [7, 11) is 1.74. The van der Waals surface area contributed by atoms with E-state index in [1.165, 1.54) is 0 Å². The fraction of sp³-hybridized carbons (Fsp3) is 0.333. The number of aromatic nitrogens is 2. The number of carbonyl (C=O) groups excluding carboxylic acids is 1. The number of carbonyl (C=O) groups is 1. The summed E-state index contributed by atoms with van der Waals surface area (Å²) >= 11 is 0. The van der Waals surface area contributed by atoms with Gasteiger partial charge in [0, 0.05) is 18.7 Å². The van der Waals surface area contributed by atoms with Crippen LogP contribution in [0.4, 0.5) is 0 Å². The number of hydrogen-bond donors (Lipinski definition) is 0. The third-order valence-corrected chi connectivity index (χ3v) is 2.77. The van der Waals surface area contributed by atoms with Crippen LogP contribution < -0.4 is 5.69 Å². The first kappa shape index (κ1) is 10.7. The zero-order valence-electron chi connectivity index (χ0n) is 9.60. The van der Waals surface area contributed by atoms with Crippen molar-refractivity contribution in [2.45, 2.75) is 19.9 Å². The maximum Gasteiger partial charge on any atom is 0.329 e. The number of rotatable bonds is 2. The second-order valence-corrected chi connectivity index (χ2v) is 4.17. The fourth-order valence-corrected chi connectivity index (χ4v) is 1.96. The molecule has 1 aromatic carbocycles. The Hall–Kier alpha value is -1.84. The minimum atomic E-state index is -0.0481. The Labute approximate surface area is 93.1 Å².